The fourth-order valence-corrected chi connectivity index (χ4v) is 3.61. The number of thiophene rings is 1. The van der Waals surface area contributed by atoms with E-state index in [1.165, 1.54) is 48.1 Å². The molecule has 2 N–H and O–H groups in total. The van der Waals surface area contributed by atoms with Crippen LogP contribution >= 0.6 is 11.3 Å². The monoisotopic (exact) mass is 260 g/mol. The first-order valence-corrected chi connectivity index (χ1v) is 7.72. The van der Waals surface area contributed by atoms with Gasteiger partial charge in [0, 0.05) is 22.0 Å². The highest BCUT2D eigenvalue weighted by atomic mass is 32.1. The minimum Gasteiger partial charge on any atom is -0.384 e. The Balaban J connectivity index is 1.56. The molecule has 1 fully saturated rings. The van der Waals surface area contributed by atoms with Crippen molar-refractivity contribution in [1.29, 1.82) is 0 Å². The molecule has 3 rings (SSSR count). The fraction of sp³-hybridized carbons (Fsp3) is 0.467. The van der Waals surface area contributed by atoms with Gasteiger partial charge in [-0.1, -0.05) is 18.2 Å². The van der Waals surface area contributed by atoms with E-state index in [4.69, 9.17) is 0 Å². The average Bonchev–Trinajstić information content (AvgIpc) is 2.84. The Morgan fingerprint density at radius 3 is 2.94 bits per heavy atom. The third-order valence-corrected chi connectivity index (χ3v) is 4.77. The van der Waals surface area contributed by atoms with Crippen LogP contribution < -0.4 is 10.6 Å². The van der Waals surface area contributed by atoms with Crippen molar-refractivity contribution in [3.05, 3.63) is 29.6 Å². The Kier molecular flexibility index (Phi) is 3.81. The van der Waals surface area contributed by atoms with E-state index in [-0.39, 0.29) is 0 Å². The Labute approximate surface area is 112 Å². The van der Waals surface area contributed by atoms with Gasteiger partial charge in [0.05, 0.1) is 5.69 Å². The van der Waals surface area contributed by atoms with Gasteiger partial charge in [-0.3, -0.25) is 0 Å². The zero-order chi connectivity index (χ0) is 12.2. The van der Waals surface area contributed by atoms with Crippen molar-refractivity contribution in [2.45, 2.75) is 19.3 Å². The minimum atomic E-state index is 0.906. The molecular formula is C15H20N2S. The molecule has 0 aliphatic carbocycles. The summed E-state index contributed by atoms with van der Waals surface area (Å²) in [6.45, 7) is 3.50. The number of rotatable bonds is 4. The maximum atomic E-state index is 3.60. The molecule has 96 valence electrons. The molecule has 0 spiro atoms. The maximum absolute atomic E-state index is 3.60. The SMILES string of the molecule is c1ccc2c(NCCC3CCNCC3)csc2c1. The van der Waals surface area contributed by atoms with Gasteiger partial charge in [-0.25, -0.2) is 0 Å². The maximum Gasteiger partial charge on any atom is 0.0528 e. The van der Waals surface area contributed by atoms with Gasteiger partial charge in [0.1, 0.15) is 0 Å². The van der Waals surface area contributed by atoms with Crippen LogP contribution in [0.25, 0.3) is 10.1 Å². The smallest absolute Gasteiger partial charge is 0.0528 e. The zero-order valence-electron chi connectivity index (χ0n) is 10.6. The van der Waals surface area contributed by atoms with Gasteiger partial charge < -0.3 is 10.6 Å². The molecule has 1 aromatic heterocycles. The quantitative estimate of drug-likeness (QED) is 0.876. The van der Waals surface area contributed by atoms with Crippen LogP contribution in [0.15, 0.2) is 29.6 Å². The molecule has 18 heavy (non-hydrogen) atoms. The summed E-state index contributed by atoms with van der Waals surface area (Å²) in [5.74, 6) is 0.906. The second-order valence-electron chi connectivity index (χ2n) is 5.05. The van der Waals surface area contributed by atoms with E-state index < -0.39 is 0 Å². The van der Waals surface area contributed by atoms with Crippen molar-refractivity contribution >= 4 is 27.1 Å². The van der Waals surface area contributed by atoms with Crippen molar-refractivity contribution in [3.8, 4) is 0 Å². The summed E-state index contributed by atoms with van der Waals surface area (Å²) in [5.41, 5.74) is 1.31. The van der Waals surface area contributed by atoms with E-state index in [9.17, 15) is 0 Å². The van der Waals surface area contributed by atoms with E-state index in [1.54, 1.807) is 0 Å². The van der Waals surface area contributed by atoms with Crippen molar-refractivity contribution < 1.29 is 0 Å². The lowest BCUT2D eigenvalue weighted by atomic mass is 9.95. The Morgan fingerprint density at radius 1 is 1.22 bits per heavy atom. The second kappa shape index (κ2) is 5.72. The van der Waals surface area contributed by atoms with Gasteiger partial charge in [-0.15, -0.1) is 11.3 Å². The molecule has 2 nitrogen and oxygen atoms in total. The van der Waals surface area contributed by atoms with Gasteiger partial charge in [0.15, 0.2) is 0 Å². The predicted octanol–water partition coefficient (Wildman–Crippen LogP) is 3.70. The number of piperidine rings is 1. The number of benzene rings is 1. The van der Waals surface area contributed by atoms with Gasteiger partial charge in [0.25, 0.3) is 0 Å². The van der Waals surface area contributed by atoms with E-state index in [2.05, 4.69) is 40.3 Å². The van der Waals surface area contributed by atoms with Crippen LogP contribution in [-0.2, 0) is 0 Å². The first kappa shape index (κ1) is 12.0. The summed E-state index contributed by atoms with van der Waals surface area (Å²) in [7, 11) is 0. The number of anilines is 1. The van der Waals surface area contributed by atoms with Crippen molar-refractivity contribution in [2.75, 3.05) is 25.0 Å². The molecule has 3 heteroatoms. The van der Waals surface area contributed by atoms with Crippen LogP contribution in [-0.4, -0.2) is 19.6 Å². The first-order chi connectivity index (χ1) is 8.93. The predicted molar refractivity (Wildman–Crippen MR) is 80.5 cm³/mol. The molecule has 0 amide bonds. The van der Waals surface area contributed by atoms with Gasteiger partial charge >= 0.3 is 0 Å². The summed E-state index contributed by atoms with van der Waals surface area (Å²) in [6.07, 6.45) is 3.98. The Hall–Kier alpha value is -1.06. The summed E-state index contributed by atoms with van der Waals surface area (Å²) in [4.78, 5) is 0. The first-order valence-electron chi connectivity index (χ1n) is 6.84. The molecule has 0 atom stereocenters. The van der Waals surface area contributed by atoms with E-state index in [0.29, 0.717) is 0 Å². The summed E-state index contributed by atoms with van der Waals surface area (Å²) < 4.78 is 1.38. The van der Waals surface area contributed by atoms with E-state index >= 15 is 0 Å². The van der Waals surface area contributed by atoms with Crippen molar-refractivity contribution in [3.63, 3.8) is 0 Å². The molecule has 1 aliphatic rings. The topological polar surface area (TPSA) is 24.1 Å². The number of hydrogen-bond acceptors (Lipinski definition) is 3. The van der Waals surface area contributed by atoms with Crippen molar-refractivity contribution in [1.82, 2.24) is 5.32 Å². The Morgan fingerprint density at radius 2 is 2.06 bits per heavy atom. The third-order valence-electron chi connectivity index (χ3n) is 3.81. The molecule has 0 unspecified atom stereocenters. The lowest BCUT2D eigenvalue weighted by molar-refractivity contribution is 0.361. The van der Waals surface area contributed by atoms with Crippen LogP contribution in [0.2, 0.25) is 0 Å². The van der Waals surface area contributed by atoms with Gasteiger partial charge in [0.2, 0.25) is 0 Å². The van der Waals surface area contributed by atoms with E-state index in [1.807, 2.05) is 11.3 Å². The second-order valence-corrected chi connectivity index (χ2v) is 5.97. The Bertz CT molecular complexity index is 500. The molecule has 1 aliphatic heterocycles. The standard InChI is InChI=1S/C15H20N2S/c1-2-4-15-13(3-1)14(11-18-15)17-10-7-12-5-8-16-9-6-12/h1-4,11-12,16-17H,5-10H2. The highest BCUT2D eigenvalue weighted by molar-refractivity contribution is 7.17. The largest absolute Gasteiger partial charge is 0.384 e. The summed E-state index contributed by atoms with van der Waals surface area (Å²) >= 11 is 1.83. The van der Waals surface area contributed by atoms with Gasteiger partial charge in [-0.2, -0.15) is 0 Å². The molecule has 1 saturated heterocycles. The molecule has 0 bridgehead atoms. The minimum absolute atomic E-state index is 0.906. The summed E-state index contributed by atoms with van der Waals surface area (Å²) in [5, 5.41) is 10.6. The van der Waals surface area contributed by atoms with Crippen LogP contribution in [0, 0.1) is 5.92 Å². The van der Waals surface area contributed by atoms with Crippen LogP contribution in [0.4, 0.5) is 5.69 Å². The normalized spacial score (nSPS) is 17.1. The molecule has 1 aromatic carbocycles. The highest BCUT2D eigenvalue weighted by Gasteiger charge is 2.12. The molecule has 0 radical (unpaired) electrons. The molecule has 2 aromatic rings. The number of hydrogen-bond donors (Lipinski definition) is 2. The third kappa shape index (κ3) is 2.68. The molecule has 0 saturated carbocycles. The van der Waals surface area contributed by atoms with Crippen molar-refractivity contribution in [2.24, 2.45) is 5.92 Å². The van der Waals surface area contributed by atoms with E-state index in [0.717, 1.165) is 12.5 Å². The number of nitrogens with one attached hydrogen (secondary N) is 2. The highest BCUT2D eigenvalue weighted by Crippen LogP contribution is 2.30. The molecular weight excluding hydrogens is 240 g/mol. The van der Waals surface area contributed by atoms with Crippen LogP contribution in [0.1, 0.15) is 19.3 Å². The lowest BCUT2D eigenvalue weighted by Gasteiger charge is -2.22. The summed E-state index contributed by atoms with van der Waals surface area (Å²) in [6, 6.07) is 8.63. The van der Waals surface area contributed by atoms with Gasteiger partial charge in [-0.05, 0) is 44.3 Å². The molecule has 2 heterocycles. The van der Waals surface area contributed by atoms with Crippen LogP contribution in [0.5, 0.6) is 0 Å². The number of fused-ring (bicyclic) bond motifs is 1. The lowest BCUT2D eigenvalue weighted by Crippen LogP contribution is -2.28. The van der Waals surface area contributed by atoms with Crippen LogP contribution in [0.3, 0.4) is 0 Å². The fourth-order valence-electron chi connectivity index (χ4n) is 2.70. The average molecular weight is 260 g/mol. The zero-order valence-corrected chi connectivity index (χ0v) is 11.4.